The fourth-order valence-electron chi connectivity index (χ4n) is 1.98. The average molecular weight is 254 g/mol. The minimum Gasteiger partial charge on any atom is -0.480 e. The standard InChI is InChI=1S/C12H18N2O4/c1-11(2,3)18-10(17)14-8(7-13)5-6-12(14,4)9(15)16/h8H,5-6H2,1-4H3,(H,15,16). The van der Waals surface area contributed by atoms with Crippen molar-refractivity contribution in [1.82, 2.24) is 4.90 Å². The summed E-state index contributed by atoms with van der Waals surface area (Å²) in [6.07, 6.45) is -0.158. The lowest BCUT2D eigenvalue weighted by Crippen LogP contribution is -2.54. The van der Waals surface area contributed by atoms with Crippen molar-refractivity contribution in [1.29, 1.82) is 5.26 Å². The number of nitriles is 1. The van der Waals surface area contributed by atoms with E-state index in [-0.39, 0.29) is 6.42 Å². The van der Waals surface area contributed by atoms with E-state index in [1.165, 1.54) is 6.92 Å². The lowest BCUT2D eigenvalue weighted by atomic mass is 10.00. The maximum atomic E-state index is 12.0. The van der Waals surface area contributed by atoms with Gasteiger partial charge in [-0.1, -0.05) is 0 Å². The lowest BCUT2D eigenvalue weighted by Gasteiger charge is -2.34. The van der Waals surface area contributed by atoms with Crippen LogP contribution in [0.1, 0.15) is 40.5 Å². The molecular formula is C12H18N2O4. The van der Waals surface area contributed by atoms with Gasteiger partial charge in [-0.25, -0.2) is 9.59 Å². The fraction of sp³-hybridized carbons (Fsp3) is 0.750. The summed E-state index contributed by atoms with van der Waals surface area (Å²) >= 11 is 0. The Morgan fingerprint density at radius 2 is 2.06 bits per heavy atom. The number of carbonyl (C=O) groups excluding carboxylic acids is 1. The van der Waals surface area contributed by atoms with E-state index >= 15 is 0 Å². The molecule has 18 heavy (non-hydrogen) atoms. The first-order valence-electron chi connectivity index (χ1n) is 5.77. The largest absolute Gasteiger partial charge is 0.480 e. The molecule has 0 aromatic heterocycles. The number of ether oxygens (including phenoxy) is 1. The number of nitrogens with zero attached hydrogens (tertiary/aromatic N) is 2. The predicted octanol–water partition coefficient (Wildman–Crippen LogP) is 1.75. The van der Waals surface area contributed by atoms with Gasteiger partial charge in [-0.05, 0) is 40.5 Å². The minimum atomic E-state index is -1.37. The van der Waals surface area contributed by atoms with Crippen molar-refractivity contribution in [3.05, 3.63) is 0 Å². The zero-order chi connectivity index (χ0) is 14.1. The van der Waals surface area contributed by atoms with Crippen LogP contribution in [0.4, 0.5) is 4.79 Å². The van der Waals surface area contributed by atoms with Crippen LogP contribution in [0.3, 0.4) is 0 Å². The van der Waals surface area contributed by atoms with Crippen LogP contribution in [-0.2, 0) is 9.53 Å². The number of carboxylic acid groups (broad SMARTS) is 1. The van der Waals surface area contributed by atoms with Gasteiger partial charge in [0.25, 0.3) is 0 Å². The molecule has 1 heterocycles. The second kappa shape index (κ2) is 4.48. The molecule has 2 unspecified atom stereocenters. The van der Waals surface area contributed by atoms with Gasteiger partial charge in [-0.3, -0.25) is 4.90 Å². The highest BCUT2D eigenvalue weighted by Gasteiger charge is 2.52. The quantitative estimate of drug-likeness (QED) is 0.769. The van der Waals surface area contributed by atoms with Gasteiger partial charge >= 0.3 is 12.1 Å². The smallest absolute Gasteiger partial charge is 0.412 e. The van der Waals surface area contributed by atoms with Crippen LogP contribution in [0.15, 0.2) is 0 Å². The van der Waals surface area contributed by atoms with Crippen LogP contribution in [0, 0.1) is 11.3 Å². The summed E-state index contributed by atoms with van der Waals surface area (Å²) in [6.45, 7) is 6.53. The number of likely N-dealkylation sites (tertiary alicyclic amines) is 1. The Kier molecular flexibility index (Phi) is 3.56. The van der Waals surface area contributed by atoms with Crippen molar-refractivity contribution in [3.8, 4) is 6.07 Å². The van der Waals surface area contributed by atoms with Crippen LogP contribution >= 0.6 is 0 Å². The molecule has 0 aromatic carbocycles. The number of hydrogen-bond donors (Lipinski definition) is 1. The molecule has 0 spiro atoms. The summed E-state index contributed by atoms with van der Waals surface area (Å²) in [5, 5.41) is 18.2. The number of amides is 1. The van der Waals surface area contributed by atoms with Crippen molar-refractivity contribution in [2.24, 2.45) is 0 Å². The topological polar surface area (TPSA) is 90.6 Å². The van der Waals surface area contributed by atoms with E-state index in [0.29, 0.717) is 6.42 Å². The summed E-state index contributed by atoms with van der Waals surface area (Å²) in [7, 11) is 0. The van der Waals surface area contributed by atoms with E-state index in [2.05, 4.69) is 0 Å². The number of aliphatic carboxylic acids is 1. The SMILES string of the molecule is CC(C)(C)OC(=O)N1C(C#N)CCC1(C)C(=O)O. The molecule has 1 rings (SSSR count). The Labute approximate surface area is 106 Å². The third kappa shape index (κ3) is 2.55. The van der Waals surface area contributed by atoms with Crippen LogP contribution in [0.2, 0.25) is 0 Å². The van der Waals surface area contributed by atoms with E-state index < -0.39 is 29.2 Å². The molecule has 1 aliphatic rings. The first kappa shape index (κ1) is 14.3. The third-order valence-corrected chi connectivity index (χ3v) is 2.95. The maximum absolute atomic E-state index is 12.0. The molecule has 0 bridgehead atoms. The number of rotatable bonds is 1. The van der Waals surface area contributed by atoms with Crippen molar-refractivity contribution in [3.63, 3.8) is 0 Å². The second-order valence-corrected chi connectivity index (χ2v) is 5.61. The van der Waals surface area contributed by atoms with Gasteiger partial charge in [-0.15, -0.1) is 0 Å². The zero-order valence-corrected chi connectivity index (χ0v) is 11.1. The molecular weight excluding hydrogens is 236 g/mol. The molecule has 0 saturated carbocycles. The van der Waals surface area contributed by atoms with Gasteiger partial charge in [0.15, 0.2) is 0 Å². The zero-order valence-electron chi connectivity index (χ0n) is 11.1. The Morgan fingerprint density at radius 1 is 1.50 bits per heavy atom. The number of hydrogen-bond acceptors (Lipinski definition) is 4. The Balaban J connectivity index is 3.03. The average Bonchev–Trinajstić information content (AvgIpc) is 2.54. The van der Waals surface area contributed by atoms with Gasteiger partial charge in [0.1, 0.15) is 17.2 Å². The normalized spacial score (nSPS) is 27.7. The van der Waals surface area contributed by atoms with Crippen LogP contribution in [-0.4, -0.2) is 39.3 Å². The van der Waals surface area contributed by atoms with E-state index in [1.807, 2.05) is 6.07 Å². The van der Waals surface area contributed by atoms with Gasteiger partial charge < -0.3 is 9.84 Å². The Morgan fingerprint density at radius 3 is 2.44 bits per heavy atom. The van der Waals surface area contributed by atoms with Gasteiger partial charge in [-0.2, -0.15) is 5.26 Å². The van der Waals surface area contributed by atoms with E-state index in [4.69, 9.17) is 10.00 Å². The second-order valence-electron chi connectivity index (χ2n) is 5.61. The fourth-order valence-corrected chi connectivity index (χ4v) is 1.98. The van der Waals surface area contributed by atoms with Gasteiger partial charge in [0.2, 0.25) is 0 Å². The number of carbonyl (C=O) groups is 2. The van der Waals surface area contributed by atoms with Crippen molar-refractivity contribution >= 4 is 12.1 Å². The number of carboxylic acids is 1. The van der Waals surface area contributed by atoms with E-state index in [0.717, 1.165) is 4.90 Å². The summed E-state index contributed by atoms with van der Waals surface area (Å²) < 4.78 is 5.17. The molecule has 1 fully saturated rings. The van der Waals surface area contributed by atoms with Gasteiger partial charge in [0, 0.05) is 0 Å². The highest BCUT2D eigenvalue weighted by Crippen LogP contribution is 2.35. The minimum absolute atomic E-state index is 0.250. The third-order valence-electron chi connectivity index (χ3n) is 2.95. The molecule has 2 atom stereocenters. The monoisotopic (exact) mass is 254 g/mol. The van der Waals surface area contributed by atoms with Gasteiger partial charge in [0.05, 0.1) is 6.07 Å². The molecule has 100 valence electrons. The molecule has 0 radical (unpaired) electrons. The molecule has 1 amide bonds. The Hall–Kier alpha value is -1.77. The first-order valence-corrected chi connectivity index (χ1v) is 5.77. The first-order chi connectivity index (χ1) is 8.12. The molecule has 6 nitrogen and oxygen atoms in total. The highest BCUT2D eigenvalue weighted by atomic mass is 16.6. The maximum Gasteiger partial charge on any atom is 0.412 e. The predicted molar refractivity (Wildman–Crippen MR) is 62.7 cm³/mol. The van der Waals surface area contributed by atoms with Crippen molar-refractivity contribution in [2.75, 3.05) is 0 Å². The summed E-state index contributed by atoms with van der Waals surface area (Å²) in [5.74, 6) is -1.12. The summed E-state index contributed by atoms with van der Waals surface area (Å²) in [4.78, 5) is 24.4. The summed E-state index contributed by atoms with van der Waals surface area (Å²) in [5.41, 5.74) is -2.10. The van der Waals surface area contributed by atoms with Crippen molar-refractivity contribution < 1.29 is 19.4 Å². The molecule has 1 aliphatic heterocycles. The highest BCUT2D eigenvalue weighted by molar-refractivity contribution is 5.85. The van der Waals surface area contributed by atoms with Crippen LogP contribution < -0.4 is 0 Å². The summed E-state index contributed by atoms with van der Waals surface area (Å²) in [6, 6.07) is 1.20. The van der Waals surface area contributed by atoms with Crippen LogP contribution in [0.5, 0.6) is 0 Å². The molecule has 1 N–H and O–H groups in total. The van der Waals surface area contributed by atoms with Crippen LogP contribution in [0.25, 0.3) is 0 Å². The lowest BCUT2D eigenvalue weighted by molar-refractivity contribution is -0.148. The van der Waals surface area contributed by atoms with E-state index in [9.17, 15) is 14.7 Å². The molecule has 6 heteroatoms. The van der Waals surface area contributed by atoms with Crippen molar-refractivity contribution in [2.45, 2.75) is 57.7 Å². The van der Waals surface area contributed by atoms with E-state index in [1.54, 1.807) is 20.8 Å². The Bertz CT molecular complexity index is 407. The molecule has 1 saturated heterocycles. The molecule has 0 aromatic rings. The molecule has 0 aliphatic carbocycles.